The molecule has 0 saturated carbocycles. The van der Waals surface area contributed by atoms with E-state index in [1.807, 2.05) is 0 Å². The van der Waals surface area contributed by atoms with E-state index in [4.69, 9.17) is 41.9 Å². The first-order chi connectivity index (χ1) is 12.5. The number of hydrogen-bond acceptors (Lipinski definition) is 5. The van der Waals surface area contributed by atoms with E-state index in [-0.39, 0.29) is 46.6 Å². The van der Waals surface area contributed by atoms with Crippen molar-refractivity contribution in [2.75, 3.05) is 34.5 Å². The zero-order chi connectivity index (χ0) is 19.1. The molecule has 141 valence electrons. The summed E-state index contributed by atoms with van der Waals surface area (Å²) in [6, 6.07) is 10.1. The molecule has 0 aliphatic rings. The van der Waals surface area contributed by atoms with Gasteiger partial charge in [-0.15, -0.1) is 0 Å². The van der Waals surface area contributed by atoms with E-state index in [0.29, 0.717) is 23.4 Å². The summed E-state index contributed by atoms with van der Waals surface area (Å²) < 4.78 is 21.5. The quantitative estimate of drug-likeness (QED) is 0.344. The van der Waals surface area contributed by atoms with Crippen LogP contribution < -0.4 is 14.8 Å². The van der Waals surface area contributed by atoms with Crippen LogP contribution in [0.5, 0.6) is 11.5 Å². The van der Waals surface area contributed by atoms with Gasteiger partial charge >= 0.3 is 0 Å². The molecule has 0 aromatic heterocycles. The van der Waals surface area contributed by atoms with Gasteiger partial charge in [-0.2, -0.15) is 0 Å². The average molecular weight is 424 g/mol. The Kier molecular flexibility index (Phi) is 10.7. The third kappa shape index (κ3) is 6.11. The van der Waals surface area contributed by atoms with Gasteiger partial charge in [0.2, 0.25) is 5.52 Å². The molecule has 0 fully saturated rings. The van der Waals surface area contributed by atoms with Crippen molar-refractivity contribution in [1.29, 1.82) is 0 Å². The van der Waals surface area contributed by atoms with Gasteiger partial charge in [0.1, 0.15) is 19.6 Å². The van der Waals surface area contributed by atoms with Crippen molar-refractivity contribution in [1.82, 2.24) is 0 Å². The SMILES string of the molecule is COCCOP(C(=O)c1c(Cl)cccc1Cl)c1ccc(OC)cc1OC.[Li]. The number of ether oxygens (including phenoxy) is 3. The van der Waals surface area contributed by atoms with Gasteiger partial charge in [-0.1, -0.05) is 29.3 Å². The van der Waals surface area contributed by atoms with E-state index < -0.39 is 8.15 Å². The number of carbonyl (C=O) groups excluding carboxylic acids is 1. The minimum absolute atomic E-state index is 0. The third-order valence-corrected chi connectivity index (χ3v) is 5.94. The van der Waals surface area contributed by atoms with Crippen LogP contribution in [0.1, 0.15) is 10.4 Å². The summed E-state index contributed by atoms with van der Waals surface area (Å²) in [6.45, 7) is 0.589. The van der Waals surface area contributed by atoms with Gasteiger partial charge in [0.25, 0.3) is 0 Å². The first kappa shape index (κ1) is 24.3. The number of methoxy groups -OCH3 is 3. The largest absolute Gasteiger partial charge is 0.497 e. The maximum absolute atomic E-state index is 13.2. The van der Waals surface area contributed by atoms with Crippen LogP contribution in [0.25, 0.3) is 0 Å². The Morgan fingerprint density at radius 3 is 2.22 bits per heavy atom. The van der Waals surface area contributed by atoms with Crippen molar-refractivity contribution in [2.24, 2.45) is 0 Å². The van der Waals surface area contributed by atoms with E-state index in [0.717, 1.165) is 0 Å². The summed E-state index contributed by atoms with van der Waals surface area (Å²) >= 11 is 12.4. The molecule has 2 rings (SSSR count). The first-order valence-corrected chi connectivity index (χ1v) is 9.67. The van der Waals surface area contributed by atoms with Gasteiger partial charge in [0, 0.05) is 32.0 Å². The molecule has 0 bridgehead atoms. The van der Waals surface area contributed by atoms with Crippen molar-refractivity contribution < 1.29 is 23.5 Å². The molecule has 0 aliphatic heterocycles. The minimum atomic E-state index is -1.75. The van der Waals surface area contributed by atoms with Crippen LogP contribution in [0, 0.1) is 0 Å². The Labute approximate surface area is 182 Å². The van der Waals surface area contributed by atoms with E-state index in [2.05, 4.69) is 0 Å². The van der Waals surface area contributed by atoms with Crippen LogP contribution >= 0.6 is 31.4 Å². The fourth-order valence-electron chi connectivity index (χ4n) is 2.21. The molecule has 2 aromatic carbocycles. The number of carbonyl (C=O) groups is 1. The van der Waals surface area contributed by atoms with Crippen molar-refractivity contribution in [2.45, 2.75) is 0 Å². The molecule has 1 unspecified atom stereocenters. The molecule has 0 N–H and O–H groups in total. The van der Waals surface area contributed by atoms with E-state index in [9.17, 15) is 4.79 Å². The number of halogens is 2. The summed E-state index contributed by atoms with van der Waals surface area (Å²) in [5.41, 5.74) is -0.0626. The van der Waals surface area contributed by atoms with E-state index >= 15 is 0 Å². The Morgan fingerprint density at radius 1 is 1.00 bits per heavy atom. The second kappa shape index (κ2) is 11.9. The molecule has 1 radical (unpaired) electrons. The molecular formula is C18H19Cl2LiO5P. The zero-order valence-electron chi connectivity index (χ0n) is 15.6. The smallest absolute Gasteiger partial charge is 0.219 e. The molecule has 0 heterocycles. The second-order valence-electron chi connectivity index (χ2n) is 5.06. The summed E-state index contributed by atoms with van der Waals surface area (Å²) in [5, 5.41) is 1.16. The van der Waals surface area contributed by atoms with Gasteiger partial charge < -0.3 is 18.7 Å². The average Bonchev–Trinajstić information content (AvgIpc) is 2.64. The summed E-state index contributed by atoms with van der Waals surface area (Å²) in [4.78, 5) is 13.2. The van der Waals surface area contributed by atoms with Crippen LogP contribution in [-0.4, -0.2) is 58.9 Å². The van der Waals surface area contributed by atoms with Crippen LogP contribution in [0.15, 0.2) is 36.4 Å². The second-order valence-corrected chi connectivity index (χ2v) is 7.61. The number of benzene rings is 2. The molecule has 0 aliphatic carbocycles. The molecule has 9 heteroatoms. The van der Waals surface area contributed by atoms with Gasteiger partial charge in [0.15, 0.2) is 0 Å². The monoisotopic (exact) mass is 423 g/mol. The molecule has 0 amide bonds. The summed E-state index contributed by atoms with van der Waals surface area (Å²) in [6.07, 6.45) is 0. The Bertz CT molecular complexity index is 755. The maximum Gasteiger partial charge on any atom is 0.219 e. The molecule has 0 saturated heterocycles. The Morgan fingerprint density at radius 2 is 1.67 bits per heavy atom. The number of hydrogen-bond donors (Lipinski definition) is 0. The molecule has 27 heavy (non-hydrogen) atoms. The molecule has 5 nitrogen and oxygen atoms in total. The fourth-order valence-corrected chi connectivity index (χ4v) is 4.65. The third-order valence-electron chi connectivity index (χ3n) is 3.47. The van der Waals surface area contributed by atoms with Crippen LogP contribution in [0.2, 0.25) is 10.0 Å². The predicted octanol–water partition coefficient (Wildman–Crippen LogP) is 4.16. The van der Waals surface area contributed by atoms with Crippen molar-refractivity contribution in [3.8, 4) is 11.5 Å². The maximum atomic E-state index is 13.2. The van der Waals surface area contributed by atoms with Crippen LogP contribution in [0.3, 0.4) is 0 Å². The van der Waals surface area contributed by atoms with Crippen LogP contribution in [0.4, 0.5) is 0 Å². The van der Waals surface area contributed by atoms with Gasteiger partial charge in [-0.05, 0) is 24.3 Å². The molecule has 0 spiro atoms. The molecule has 2 aromatic rings. The standard InChI is InChI=1S/C18H19Cl2O5P.Li/c1-22-9-10-25-26(16-8-7-12(23-2)11-15(16)24-3)18(21)17-13(19)5-4-6-14(17)20;/h4-8,11H,9-10H2,1-3H3;. The Hall–Kier alpha value is -0.763. The normalized spacial score (nSPS) is 11.4. The van der Waals surface area contributed by atoms with Crippen molar-refractivity contribution in [3.05, 3.63) is 52.0 Å². The topological polar surface area (TPSA) is 54.0 Å². The first-order valence-electron chi connectivity index (χ1n) is 7.65. The predicted molar refractivity (Wildman–Crippen MR) is 110 cm³/mol. The van der Waals surface area contributed by atoms with Gasteiger partial charge in [0.05, 0.1) is 48.3 Å². The zero-order valence-corrected chi connectivity index (χ0v) is 18.0. The summed E-state index contributed by atoms with van der Waals surface area (Å²) in [7, 11) is 2.89. The molecular weight excluding hydrogens is 405 g/mol. The number of rotatable bonds is 9. The summed E-state index contributed by atoms with van der Waals surface area (Å²) in [5.74, 6) is 1.10. The van der Waals surface area contributed by atoms with Crippen LogP contribution in [-0.2, 0) is 9.26 Å². The van der Waals surface area contributed by atoms with E-state index in [1.165, 1.54) is 7.11 Å². The van der Waals surface area contributed by atoms with Gasteiger partial charge in [-0.3, -0.25) is 4.79 Å². The van der Waals surface area contributed by atoms with Gasteiger partial charge in [-0.25, -0.2) is 0 Å². The Balaban J connectivity index is 0.00000364. The van der Waals surface area contributed by atoms with E-state index in [1.54, 1.807) is 50.6 Å². The fraction of sp³-hybridized carbons (Fsp3) is 0.278. The molecule has 1 atom stereocenters. The minimum Gasteiger partial charge on any atom is -0.497 e. The van der Waals surface area contributed by atoms with Crippen molar-refractivity contribution in [3.63, 3.8) is 0 Å². The van der Waals surface area contributed by atoms with Crippen molar-refractivity contribution >= 4 is 61.0 Å².